The molecular formula is C13H19NO5S. The van der Waals surface area contributed by atoms with Crippen LogP contribution in [0.3, 0.4) is 0 Å². The van der Waals surface area contributed by atoms with Gasteiger partial charge in [-0.3, -0.25) is 0 Å². The van der Waals surface area contributed by atoms with Crippen LogP contribution in [-0.4, -0.2) is 50.7 Å². The lowest BCUT2D eigenvalue weighted by atomic mass is 9.94. The number of β-amino-alcohol motifs (C(OH)–C–C–N with tert-alkyl or cyclic N) is 1. The summed E-state index contributed by atoms with van der Waals surface area (Å²) in [6, 6.07) is 4.62. The Bertz CT molecular complexity index is 593. The average Bonchev–Trinajstić information content (AvgIpc) is 2.42. The highest BCUT2D eigenvalue weighted by Gasteiger charge is 2.46. The van der Waals surface area contributed by atoms with E-state index in [0.717, 1.165) is 0 Å². The number of hydrogen-bond donors (Lipinski definition) is 1. The van der Waals surface area contributed by atoms with Crippen LogP contribution in [0.2, 0.25) is 0 Å². The fourth-order valence-electron chi connectivity index (χ4n) is 2.13. The molecule has 0 aromatic heterocycles. The molecule has 0 unspecified atom stereocenters. The van der Waals surface area contributed by atoms with Gasteiger partial charge in [0.2, 0.25) is 10.0 Å². The predicted molar refractivity (Wildman–Crippen MR) is 73.5 cm³/mol. The summed E-state index contributed by atoms with van der Waals surface area (Å²) < 4.78 is 36.5. The van der Waals surface area contributed by atoms with E-state index < -0.39 is 15.6 Å². The van der Waals surface area contributed by atoms with E-state index in [1.54, 1.807) is 12.1 Å². The van der Waals surface area contributed by atoms with E-state index >= 15 is 0 Å². The molecule has 6 nitrogen and oxygen atoms in total. The Morgan fingerprint density at radius 1 is 1.30 bits per heavy atom. The van der Waals surface area contributed by atoms with Gasteiger partial charge in [0.1, 0.15) is 16.4 Å². The molecule has 0 radical (unpaired) electrons. The molecule has 0 amide bonds. The number of aliphatic hydroxyl groups is 1. The van der Waals surface area contributed by atoms with E-state index in [0.29, 0.717) is 12.2 Å². The van der Waals surface area contributed by atoms with Crippen molar-refractivity contribution in [2.75, 3.05) is 27.3 Å². The Labute approximate surface area is 119 Å². The highest BCUT2D eigenvalue weighted by atomic mass is 32.2. The van der Waals surface area contributed by atoms with Crippen LogP contribution < -0.4 is 9.47 Å². The minimum Gasteiger partial charge on any atom is -0.497 e. The summed E-state index contributed by atoms with van der Waals surface area (Å²) >= 11 is 0. The zero-order chi connectivity index (χ0) is 15.0. The van der Waals surface area contributed by atoms with Gasteiger partial charge in [0, 0.05) is 19.2 Å². The quantitative estimate of drug-likeness (QED) is 0.872. The van der Waals surface area contributed by atoms with Gasteiger partial charge in [-0.25, -0.2) is 8.42 Å². The molecule has 112 valence electrons. The molecule has 1 aromatic carbocycles. The molecule has 0 bridgehead atoms. The van der Waals surface area contributed by atoms with Gasteiger partial charge >= 0.3 is 0 Å². The number of nitrogens with zero attached hydrogens (tertiary/aromatic N) is 1. The van der Waals surface area contributed by atoms with Gasteiger partial charge in [0.25, 0.3) is 0 Å². The predicted octanol–water partition coefficient (Wildman–Crippen LogP) is 0.849. The minimum atomic E-state index is -3.69. The fraction of sp³-hybridized carbons (Fsp3) is 0.538. The first kappa shape index (κ1) is 15.1. The molecule has 1 aliphatic rings. The average molecular weight is 301 g/mol. The third kappa shape index (κ3) is 2.48. The molecule has 0 spiro atoms. The number of methoxy groups -OCH3 is 2. The monoisotopic (exact) mass is 301 g/mol. The highest BCUT2D eigenvalue weighted by Crippen LogP contribution is 2.35. The molecule has 1 saturated heterocycles. The van der Waals surface area contributed by atoms with Gasteiger partial charge in [-0.2, -0.15) is 4.31 Å². The molecule has 1 heterocycles. The van der Waals surface area contributed by atoms with Crippen molar-refractivity contribution < 1.29 is 23.0 Å². The third-order valence-corrected chi connectivity index (χ3v) is 5.40. The Hall–Kier alpha value is -1.31. The second kappa shape index (κ2) is 5.23. The first-order valence-corrected chi connectivity index (χ1v) is 7.75. The van der Waals surface area contributed by atoms with Gasteiger partial charge in [-0.05, 0) is 18.6 Å². The topological polar surface area (TPSA) is 76.1 Å². The number of sulfonamides is 1. The largest absolute Gasteiger partial charge is 0.497 e. The van der Waals surface area contributed by atoms with Crippen molar-refractivity contribution in [3.05, 3.63) is 18.2 Å². The Morgan fingerprint density at radius 3 is 2.45 bits per heavy atom. The van der Waals surface area contributed by atoms with Crippen molar-refractivity contribution in [2.24, 2.45) is 0 Å². The molecule has 0 aliphatic carbocycles. The molecule has 2 rings (SSSR count). The standard InChI is InChI=1S/C13H19NO5S/c1-4-13(15)8-14(9-13)20(16,17)12-7-10(18-2)5-6-11(12)19-3/h5-7,15H,4,8-9H2,1-3H3. The molecule has 20 heavy (non-hydrogen) atoms. The van der Waals surface area contributed by atoms with Crippen LogP contribution >= 0.6 is 0 Å². The van der Waals surface area contributed by atoms with Crippen molar-refractivity contribution in [3.8, 4) is 11.5 Å². The zero-order valence-corrected chi connectivity index (χ0v) is 12.6. The zero-order valence-electron chi connectivity index (χ0n) is 11.8. The van der Waals surface area contributed by atoms with Gasteiger partial charge in [-0.15, -0.1) is 0 Å². The lowest BCUT2D eigenvalue weighted by Gasteiger charge is -2.44. The molecule has 7 heteroatoms. The van der Waals surface area contributed by atoms with E-state index in [1.165, 1.54) is 24.6 Å². The normalized spacial score (nSPS) is 18.4. The van der Waals surface area contributed by atoms with Crippen LogP contribution in [0.25, 0.3) is 0 Å². The van der Waals surface area contributed by atoms with Gasteiger partial charge in [0.15, 0.2) is 0 Å². The minimum absolute atomic E-state index is 0.0532. The van der Waals surface area contributed by atoms with Crippen LogP contribution in [-0.2, 0) is 10.0 Å². The maximum Gasteiger partial charge on any atom is 0.247 e. The second-order valence-corrected chi connectivity index (χ2v) is 6.77. The smallest absolute Gasteiger partial charge is 0.247 e. The van der Waals surface area contributed by atoms with Crippen LogP contribution in [0, 0.1) is 0 Å². The van der Waals surface area contributed by atoms with Crippen LogP contribution in [0.1, 0.15) is 13.3 Å². The maximum absolute atomic E-state index is 12.5. The van der Waals surface area contributed by atoms with Crippen LogP contribution in [0.15, 0.2) is 23.1 Å². The molecule has 1 aromatic rings. The summed E-state index contributed by atoms with van der Waals surface area (Å²) in [4.78, 5) is 0.0532. The summed E-state index contributed by atoms with van der Waals surface area (Å²) in [5.74, 6) is 0.702. The summed E-state index contributed by atoms with van der Waals surface area (Å²) in [7, 11) is -0.804. The Morgan fingerprint density at radius 2 is 1.95 bits per heavy atom. The number of benzene rings is 1. The van der Waals surface area contributed by atoms with E-state index in [-0.39, 0.29) is 23.7 Å². The summed E-state index contributed by atoms with van der Waals surface area (Å²) in [5.41, 5.74) is -0.917. The van der Waals surface area contributed by atoms with E-state index in [1.807, 2.05) is 6.92 Å². The second-order valence-electron chi connectivity index (χ2n) is 4.87. The molecule has 0 saturated carbocycles. The van der Waals surface area contributed by atoms with Gasteiger partial charge in [-0.1, -0.05) is 6.92 Å². The van der Waals surface area contributed by atoms with Crippen molar-refractivity contribution in [1.82, 2.24) is 4.31 Å². The van der Waals surface area contributed by atoms with Crippen LogP contribution in [0.5, 0.6) is 11.5 Å². The number of rotatable bonds is 5. The van der Waals surface area contributed by atoms with E-state index in [9.17, 15) is 13.5 Å². The van der Waals surface area contributed by atoms with Crippen molar-refractivity contribution in [1.29, 1.82) is 0 Å². The van der Waals surface area contributed by atoms with Crippen LogP contribution in [0.4, 0.5) is 0 Å². The summed E-state index contributed by atoms with van der Waals surface area (Å²) in [6.07, 6.45) is 0.522. The first-order valence-electron chi connectivity index (χ1n) is 6.31. The van der Waals surface area contributed by atoms with E-state index in [2.05, 4.69) is 0 Å². The molecule has 1 fully saturated rings. The van der Waals surface area contributed by atoms with Gasteiger partial charge in [0.05, 0.1) is 19.8 Å². The Balaban J connectivity index is 2.35. The highest BCUT2D eigenvalue weighted by molar-refractivity contribution is 7.89. The van der Waals surface area contributed by atoms with Crippen molar-refractivity contribution in [2.45, 2.75) is 23.8 Å². The van der Waals surface area contributed by atoms with Crippen molar-refractivity contribution in [3.63, 3.8) is 0 Å². The molecule has 1 N–H and O–H groups in total. The van der Waals surface area contributed by atoms with Gasteiger partial charge < -0.3 is 14.6 Å². The lowest BCUT2D eigenvalue weighted by Crippen LogP contribution is -2.62. The lowest BCUT2D eigenvalue weighted by molar-refractivity contribution is -0.0613. The number of ether oxygens (including phenoxy) is 2. The fourth-order valence-corrected chi connectivity index (χ4v) is 3.90. The molecule has 1 aliphatic heterocycles. The number of hydrogen-bond acceptors (Lipinski definition) is 5. The summed E-state index contributed by atoms with van der Waals surface area (Å²) in [5, 5.41) is 9.96. The maximum atomic E-state index is 12.5. The first-order chi connectivity index (χ1) is 9.36. The van der Waals surface area contributed by atoms with Crippen molar-refractivity contribution >= 4 is 10.0 Å². The summed E-state index contributed by atoms with van der Waals surface area (Å²) in [6.45, 7) is 2.04. The van der Waals surface area contributed by atoms with E-state index in [4.69, 9.17) is 9.47 Å². The Kier molecular flexibility index (Phi) is 3.95. The molecular weight excluding hydrogens is 282 g/mol. The third-order valence-electron chi connectivity index (χ3n) is 3.59. The SMILES string of the molecule is CCC1(O)CN(S(=O)(=O)c2cc(OC)ccc2OC)C1. The molecule has 0 atom stereocenters.